The van der Waals surface area contributed by atoms with E-state index >= 15 is 0 Å². The Morgan fingerprint density at radius 3 is 2.61 bits per heavy atom. The first kappa shape index (κ1) is 21.2. The SMILES string of the molecule is COc1ccc(CC(=O)NCC2CCC(c3ccnc4cc(C)nn34)CC2)cc1OC. The smallest absolute Gasteiger partial charge is 0.224 e. The molecule has 3 aromatic rings. The molecule has 1 aliphatic rings. The van der Waals surface area contributed by atoms with Crippen LogP contribution in [0.2, 0.25) is 0 Å². The predicted octanol–water partition coefficient (Wildman–Crippen LogP) is 3.69. The molecular formula is C24H30N4O3. The zero-order valence-electron chi connectivity index (χ0n) is 18.4. The van der Waals surface area contributed by atoms with Gasteiger partial charge in [-0.3, -0.25) is 4.79 Å². The van der Waals surface area contributed by atoms with Crippen molar-refractivity contribution in [1.82, 2.24) is 19.9 Å². The average molecular weight is 423 g/mol. The lowest BCUT2D eigenvalue weighted by Crippen LogP contribution is -2.32. The fourth-order valence-corrected chi connectivity index (χ4v) is 4.50. The number of rotatable bonds is 7. The van der Waals surface area contributed by atoms with Crippen LogP contribution in [-0.2, 0) is 11.2 Å². The van der Waals surface area contributed by atoms with E-state index in [2.05, 4.69) is 21.5 Å². The van der Waals surface area contributed by atoms with E-state index in [-0.39, 0.29) is 5.91 Å². The van der Waals surface area contributed by atoms with Crippen LogP contribution < -0.4 is 14.8 Å². The highest BCUT2D eigenvalue weighted by molar-refractivity contribution is 5.78. The van der Waals surface area contributed by atoms with Crippen LogP contribution in [0.15, 0.2) is 36.5 Å². The third kappa shape index (κ3) is 4.81. The van der Waals surface area contributed by atoms with Crippen molar-refractivity contribution in [2.45, 2.75) is 44.9 Å². The number of ether oxygens (including phenoxy) is 2. The zero-order chi connectivity index (χ0) is 21.8. The first-order valence-electron chi connectivity index (χ1n) is 10.9. The quantitative estimate of drug-likeness (QED) is 0.628. The number of carbonyl (C=O) groups excluding carboxylic acids is 1. The molecule has 1 saturated carbocycles. The van der Waals surface area contributed by atoms with E-state index in [4.69, 9.17) is 9.47 Å². The normalized spacial score (nSPS) is 18.7. The summed E-state index contributed by atoms with van der Waals surface area (Å²) in [6, 6.07) is 9.70. The van der Waals surface area contributed by atoms with Gasteiger partial charge in [0.15, 0.2) is 17.1 Å². The molecule has 7 heteroatoms. The first-order chi connectivity index (χ1) is 15.1. The van der Waals surface area contributed by atoms with Crippen LogP contribution in [0, 0.1) is 12.8 Å². The second kappa shape index (κ2) is 9.37. The molecule has 1 aliphatic carbocycles. The molecule has 4 rings (SSSR count). The molecule has 164 valence electrons. The maximum absolute atomic E-state index is 12.4. The molecule has 0 aliphatic heterocycles. The topological polar surface area (TPSA) is 77.8 Å². The maximum Gasteiger partial charge on any atom is 0.224 e. The predicted molar refractivity (Wildman–Crippen MR) is 119 cm³/mol. The summed E-state index contributed by atoms with van der Waals surface area (Å²) in [4.78, 5) is 16.9. The zero-order valence-corrected chi connectivity index (χ0v) is 18.4. The molecule has 0 saturated heterocycles. The second-order valence-corrected chi connectivity index (χ2v) is 8.31. The molecule has 1 N–H and O–H groups in total. The van der Waals surface area contributed by atoms with Crippen LogP contribution >= 0.6 is 0 Å². The van der Waals surface area contributed by atoms with Crippen LogP contribution in [0.25, 0.3) is 5.65 Å². The van der Waals surface area contributed by atoms with Gasteiger partial charge in [-0.25, -0.2) is 9.50 Å². The average Bonchev–Trinajstić information content (AvgIpc) is 3.18. The van der Waals surface area contributed by atoms with E-state index in [1.807, 2.05) is 41.9 Å². The van der Waals surface area contributed by atoms with Crippen molar-refractivity contribution in [2.24, 2.45) is 5.92 Å². The molecule has 2 heterocycles. The van der Waals surface area contributed by atoms with Crippen LogP contribution in [0.1, 0.15) is 48.6 Å². The van der Waals surface area contributed by atoms with Gasteiger partial charge in [-0.05, 0) is 62.3 Å². The van der Waals surface area contributed by atoms with Crippen molar-refractivity contribution >= 4 is 11.6 Å². The van der Waals surface area contributed by atoms with Gasteiger partial charge in [-0.1, -0.05) is 6.07 Å². The number of aryl methyl sites for hydroxylation is 1. The van der Waals surface area contributed by atoms with Crippen molar-refractivity contribution in [2.75, 3.05) is 20.8 Å². The van der Waals surface area contributed by atoms with Gasteiger partial charge in [0, 0.05) is 30.4 Å². The summed E-state index contributed by atoms with van der Waals surface area (Å²) in [5.74, 6) is 2.35. The molecule has 7 nitrogen and oxygen atoms in total. The fraction of sp³-hybridized carbons (Fsp3) is 0.458. The highest BCUT2D eigenvalue weighted by Crippen LogP contribution is 2.35. The third-order valence-corrected chi connectivity index (χ3v) is 6.17. The van der Waals surface area contributed by atoms with Crippen LogP contribution in [0.4, 0.5) is 0 Å². The van der Waals surface area contributed by atoms with E-state index in [0.717, 1.165) is 49.1 Å². The van der Waals surface area contributed by atoms with Gasteiger partial charge in [0.1, 0.15) is 0 Å². The molecule has 1 fully saturated rings. The van der Waals surface area contributed by atoms with E-state index in [1.54, 1.807) is 14.2 Å². The van der Waals surface area contributed by atoms with Gasteiger partial charge in [-0.15, -0.1) is 0 Å². The molecule has 0 bridgehead atoms. The summed E-state index contributed by atoms with van der Waals surface area (Å²) in [6.07, 6.45) is 6.63. The Kier molecular flexibility index (Phi) is 6.39. The standard InChI is InChI=1S/C24H30N4O3/c1-16-12-23-25-11-10-20(28(23)27-16)19-7-4-17(5-8-19)15-26-24(29)14-18-6-9-21(30-2)22(13-18)31-3/h6,9-13,17,19H,4-5,7-8,14-15H2,1-3H3,(H,26,29). The van der Waals surface area contributed by atoms with Crippen molar-refractivity contribution in [3.05, 3.63) is 53.5 Å². The molecule has 0 spiro atoms. The Morgan fingerprint density at radius 2 is 1.87 bits per heavy atom. The van der Waals surface area contributed by atoms with Crippen molar-refractivity contribution in [1.29, 1.82) is 0 Å². The largest absolute Gasteiger partial charge is 0.493 e. The molecule has 31 heavy (non-hydrogen) atoms. The molecule has 0 atom stereocenters. The van der Waals surface area contributed by atoms with Gasteiger partial charge in [-0.2, -0.15) is 5.10 Å². The molecule has 0 unspecified atom stereocenters. The lowest BCUT2D eigenvalue weighted by atomic mass is 9.80. The number of nitrogens with zero attached hydrogens (tertiary/aromatic N) is 3. The highest BCUT2D eigenvalue weighted by atomic mass is 16.5. The minimum atomic E-state index is 0.0391. The summed E-state index contributed by atoms with van der Waals surface area (Å²) in [5.41, 5.74) is 4.06. The van der Waals surface area contributed by atoms with Crippen molar-refractivity contribution in [3.63, 3.8) is 0 Å². The van der Waals surface area contributed by atoms with Crippen LogP contribution in [0.5, 0.6) is 11.5 Å². The number of nitrogens with one attached hydrogen (secondary N) is 1. The minimum Gasteiger partial charge on any atom is -0.493 e. The summed E-state index contributed by atoms with van der Waals surface area (Å²) in [5, 5.41) is 7.73. The van der Waals surface area contributed by atoms with Crippen LogP contribution in [0.3, 0.4) is 0 Å². The highest BCUT2D eigenvalue weighted by Gasteiger charge is 2.25. The number of carbonyl (C=O) groups is 1. The number of amides is 1. The Morgan fingerprint density at radius 1 is 1.10 bits per heavy atom. The van der Waals surface area contributed by atoms with Crippen molar-refractivity contribution < 1.29 is 14.3 Å². The lowest BCUT2D eigenvalue weighted by Gasteiger charge is -2.29. The molecule has 2 aromatic heterocycles. The summed E-state index contributed by atoms with van der Waals surface area (Å²) >= 11 is 0. The second-order valence-electron chi connectivity index (χ2n) is 8.31. The summed E-state index contributed by atoms with van der Waals surface area (Å²) < 4.78 is 12.6. The number of benzene rings is 1. The summed E-state index contributed by atoms with van der Waals surface area (Å²) in [7, 11) is 3.20. The molecule has 0 radical (unpaired) electrons. The number of methoxy groups -OCH3 is 2. The Labute approximate surface area is 182 Å². The monoisotopic (exact) mass is 422 g/mol. The molecule has 1 amide bonds. The van der Waals surface area contributed by atoms with Gasteiger partial charge in [0.25, 0.3) is 0 Å². The number of aromatic nitrogens is 3. The van der Waals surface area contributed by atoms with Gasteiger partial charge < -0.3 is 14.8 Å². The van der Waals surface area contributed by atoms with E-state index in [1.165, 1.54) is 5.69 Å². The van der Waals surface area contributed by atoms with Gasteiger partial charge in [0.05, 0.1) is 26.3 Å². The first-order valence-corrected chi connectivity index (χ1v) is 10.9. The number of hydrogen-bond donors (Lipinski definition) is 1. The minimum absolute atomic E-state index is 0.0391. The van der Waals surface area contributed by atoms with Gasteiger partial charge >= 0.3 is 0 Å². The molecular weight excluding hydrogens is 392 g/mol. The fourth-order valence-electron chi connectivity index (χ4n) is 4.50. The Balaban J connectivity index is 1.28. The number of hydrogen-bond acceptors (Lipinski definition) is 5. The third-order valence-electron chi connectivity index (χ3n) is 6.17. The van der Waals surface area contributed by atoms with Gasteiger partial charge in [0.2, 0.25) is 5.91 Å². The maximum atomic E-state index is 12.4. The molecule has 1 aromatic carbocycles. The Bertz CT molecular complexity index is 1050. The van der Waals surface area contributed by atoms with E-state index in [9.17, 15) is 4.79 Å². The Hall–Kier alpha value is -3.09. The van der Waals surface area contributed by atoms with Crippen molar-refractivity contribution in [3.8, 4) is 11.5 Å². The summed E-state index contributed by atoms with van der Waals surface area (Å²) in [6.45, 7) is 2.73. The van der Waals surface area contributed by atoms with Crippen LogP contribution in [-0.4, -0.2) is 41.3 Å². The number of fused-ring (bicyclic) bond motifs is 1. The van der Waals surface area contributed by atoms with E-state index in [0.29, 0.717) is 29.8 Å². The van der Waals surface area contributed by atoms with E-state index < -0.39 is 0 Å². The lowest BCUT2D eigenvalue weighted by molar-refractivity contribution is -0.120.